The van der Waals surface area contributed by atoms with Crippen molar-refractivity contribution in [2.75, 3.05) is 0 Å². The number of hydrogen-bond acceptors (Lipinski definition) is 0. The summed E-state index contributed by atoms with van der Waals surface area (Å²) in [7, 11) is 0. The second-order valence-corrected chi connectivity index (χ2v) is 4.33. The van der Waals surface area contributed by atoms with Gasteiger partial charge in [0.1, 0.15) is 0 Å². The second-order valence-electron chi connectivity index (χ2n) is 4.33. The van der Waals surface area contributed by atoms with Crippen molar-refractivity contribution >= 4 is 0 Å². The Morgan fingerprint density at radius 1 is 1.00 bits per heavy atom. The quantitative estimate of drug-likeness (QED) is 0.550. The van der Waals surface area contributed by atoms with Crippen LogP contribution in [0.1, 0.15) is 33.6 Å². The smallest absolute Gasteiger partial charge is 0.0321 e. The van der Waals surface area contributed by atoms with E-state index in [-0.39, 0.29) is 0 Å². The molecule has 10 heavy (non-hydrogen) atoms. The van der Waals surface area contributed by atoms with Crippen LogP contribution in [0.15, 0.2) is 0 Å². The van der Waals surface area contributed by atoms with Gasteiger partial charge in [-0.1, -0.05) is 33.6 Å². The topological polar surface area (TPSA) is 0 Å². The summed E-state index contributed by atoms with van der Waals surface area (Å²) in [4.78, 5) is 0. The van der Waals surface area contributed by atoms with Crippen LogP contribution in [0.5, 0.6) is 0 Å². The molecule has 5 unspecified atom stereocenters. The van der Waals surface area contributed by atoms with Crippen molar-refractivity contribution in [1.82, 2.24) is 0 Å². The van der Waals surface area contributed by atoms with E-state index in [1.807, 2.05) is 0 Å². The van der Waals surface area contributed by atoms with Crippen molar-refractivity contribution < 1.29 is 0 Å². The highest BCUT2D eigenvalue weighted by atomic mass is 14.7. The van der Waals surface area contributed by atoms with Gasteiger partial charge in [0.15, 0.2) is 0 Å². The largest absolute Gasteiger partial charge is 0.0654 e. The predicted octanol–water partition coefficient (Wildman–Crippen LogP) is 2.93. The average Bonchev–Trinajstić information content (AvgIpc) is 2.52. The van der Waals surface area contributed by atoms with Crippen molar-refractivity contribution in [1.29, 1.82) is 0 Å². The van der Waals surface area contributed by atoms with Crippen LogP contribution < -0.4 is 0 Å². The predicted molar refractivity (Wildman–Crippen MR) is 43.7 cm³/mol. The molecular formula is C10H18. The van der Waals surface area contributed by atoms with Crippen LogP contribution in [0.2, 0.25) is 0 Å². The lowest BCUT2D eigenvalue weighted by Gasteiger charge is -2.32. The van der Waals surface area contributed by atoms with Gasteiger partial charge in [-0.3, -0.25) is 0 Å². The maximum atomic E-state index is 2.45. The molecule has 2 fully saturated rings. The van der Waals surface area contributed by atoms with Gasteiger partial charge in [0, 0.05) is 0 Å². The van der Waals surface area contributed by atoms with E-state index in [1.165, 1.54) is 12.8 Å². The monoisotopic (exact) mass is 138 g/mol. The molecule has 0 amide bonds. The fourth-order valence-corrected chi connectivity index (χ4v) is 3.31. The van der Waals surface area contributed by atoms with E-state index in [9.17, 15) is 0 Å². The Labute approximate surface area is 64.0 Å². The van der Waals surface area contributed by atoms with Gasteiger partial charge >= 0.3 is 0 Å². The van der Waals surface area contributed by atoms with E-state index in [1.54, 1.807) is 0 Å². The zero-order chi connectivity index (χ0) is 7.30. The van der Waals surface area contributed by atoms with E-state index < -0.39 is 0 Å². The summed E-state index contributed by atoms with van der Waals surface area (Å²) < 4.78 is 0. The van der Waals surface area contributed by atoms with Crippen LogP contribution >= 0.6 is 0 Å². The maximum absolute atomic E-state index is 2.45. The van der Waals surface area contributed by atoms with Crippen molar-refractivity contribution in [2.45, 2.75) is 33.6 Å². The fourth-order valence-electron chi connectivity index (χ4n) is 3.31. The molecular weight excluding hydrogens is 120 g/mol. The summed E-state index contributed by atoms with van der Waals surface area (Å²) in [5, 5.41) is 0. The SMILES string of the molecule is CCCC1C(C)C2C(C)C12. The highest BCUT2D eigenvalue weighted by molar-refractivity contribution is 5.11. The van der Waals surface area contributed by atoms with Crippen LogP contribution in [-0.2, 0) is 0 Å². The zero-order valence-electron chi connectivity index (χ0n) is 7.30. The van der Waals surface area contributed by atoms with Gasteiger partial charge in [0.25, 0.3) is 0 Å². The molecule has 0 spiro atoms. The molecule has 0 aromatic rings. The van der Waals surface area contributed by atoms with Gasteiger partial charge in [0.05, 0.1) is 0 Å². The Morgan fingerprint density at radius 3 is 2.10 bits per heavy atom. The second kappa shape index (κ2) is 1.99. The fraction of sp³-hybridized carbons (Fsp3) is 1.00. The number of hydrogen-bond donors (Lipinski definition) is 0. The molecule has 0 radical (unpaired) electrons. The Bertz CT molecular complexity index is 133. The minimum atomic E-state index is 1.07. The third-order valence-electron chi connectivity index (χ3n) is 3.92. The molecule has 0 saturated heterocycles. The first kappa shape index (κ1) is 6.69. The summed E-state index contributed by atoms with van der Waals surface area (Å²) in [6, 6.07) is 0. The highest BCUT2D eigenvalue weighted by Gasteiger charge is 2.64. The van der Waals surface area contributed by atoms with E-state index >= 15 is 0 Å². The molecule has 0 heteroatoms. The van der Waals surface area contributed by atoms with E-state index in [0.29, 0.717) is 0 Å². The lowest BCUT2D eigenvalue weighted by Crippen LogP contribution is -2.26. The summed E-state index contributed by atoms with van der Waals surface area (Å²) in [5.41, 5.74) is 0. The van der Waals surface area contributed by atoms with Gasteiger partial charge in [-0.15, -0.1) is 0 Å². The number of rotatable bonds is 2. The van der Waals surface area contributed by atoms with Gasteiger partial charge in [-0.05, 0) is 29.6 Å². The molecule has 0 bridgehead atoms. The van der Waals surface area contributed by atoms with Crippen molar-refractivity contribution in [2.24, 2.45) is 29.6 Å². The molecule has 0 N–H and O–H groups in total. The molecule has 2 aliphatic carbocycles. The molecule has 2 saturated carbocycles. The van der Waals surface area contributed by atoms with Crippen LogP contribution in [0, 0.1) is 29.6 Å². The van der Waals surface area contributed by atoms with Crippen molar-refractivity contribution in [3.63, 3.8) is 0 Å². The molecule has 0 nitrogen and oxygen atoms in total. The van der Waals surface area contributed by atoms with Gasteiger partial charge < -0.3 is 0 Å². The molecule has 0 aliphatic heterocycles. The molecule has 2 aliphatic rings. The first-order valence-electron chi connectivity index (χ1n) is 4.77. The van der Waals surface area contributed by atoms with Gasteiger partial charge in [-0.25, -0.2) is 0 Å². The minimum Gasteiger partial charge on any atom is -0.0654 e. The van der Waals surface area contributed by atoms with E-state index in [4.69, 9.17) is 0 Å². The molecule has 2 rings (SSSR count). The normalized spacial score (nSPS) is 57.3. The molecule has 58 valence electrons. The van der Waals surface area contributed by atoms with E-state index in [0.717, 1.165) is 29.6 Å². The van der Waals surface area contributed by atoms with Crippen LogP contribution in [0.25, 0.3) is 0 Å². The number of fused-ring (bicyclic) bond motifs is 1. The Hall–Kier alpha value is 0. The van der Waals surface area contributed by atoms with E-state index in [2.05, 4.69) is 20.8 Å². The lowest BCUT2D eigenvalue weighted by molar-refractivity contribution is 0.160. The first-order valence-corrected chi connectivity index (χ1v) is 4.77. The molecule has 0 heterocycles. The minimum absolute atomic E-state index is 1.07. The molecule has 0 aromatic heterocycles. The summed E-state index contributed by atoms with van der Waals surface area (Å²) in [5.74, 6) is 5.59. The average molecular weight is 138 g/mol. The molecule has 0 aromatic carbocycles. The standard InChI is InChI=1S/C10H18/c1-4-5-8-6(2)9-7(3)10(8)9/h6-10H,4-5H2,1-3H3. The molecule has 5 atom stereocenters. The van der Waals surface area contributed by atoms with Gasteiger partial charge in [0.2, 0.25) is 0 Å². The highest BCUT2D eigenvalue weighted by Crippen LogP contribution is 2.68. The summed E-state index contributed by atoms with van der Waals surface area (Å²) >= 11 is 0. The van der Waals surface area contributed by atoms with Crippen molar-refractivity contribution in [3.8, 4) is 0 Å². The summed E-state index contributed by atoms with van der Waals surface area (Å²) in [6.07, 6.45) is 2.89. The van der Waals surface area contributed by atoms with Crippen LogP contribution in [0.4, 0.5) is 0 Å². The maximum Gasteiger partial charge on any atom is -0.0321 e. The Balaban J connectivity index is 1.90. The van der Waals surface area contributed by atoms with Crippen LogP contribution in [-0.4, -0.2) is 0 Å². The first-order chi connectivity index (χ1) is 4.77. The summed E-state index contributed by atoms with van der Waals surface area (Å²) in [6.45, 7) is 7.19. The Kier molecular flexibility index (Phi) is 1.33. The Morgan fingerprint density at radius 2 is 1.70 bits per heavy atom. The zero-order valence-corrected chi connectivity index (χ0v) is 7.30. The third kappa shape index (κ3) is 0.627. The van der Waals surface area contributed by atoms with Crippen molar-refractivity contribution in [3.05, 3.63) is 0 Å². The third-order valence-corrected chi connectivity index (χ3v) is 3.92. The van der Waals surface area contributed by atoms with Crippen LogP contribution in [0.3, 0.4) is 0 Å². The lowest BCUT2D eigenvalue weighted by atomic mass is 9.73. The van der Waals surface area contributed by atoms with Gasteiger partial charge in [-0.2, -0.15) is 0 Å².